The van der Waals surface area contributed by atoms with Gasteiger partial charge in [-0.05, 0) is 49.4 Å². The van der Waals surface area contributed by atoms with Crippen molar-refractivity contribution < 1.29 is 9.32 Å². The van der Waals surface area contributed by atoms with Crippen LogP contribution in [-0.4, -0.2) is 26.0 Å². The fraction of sp³-hybridized carbons (Fsp3) is 0.316. The third-order valence-electron chi connectivity index (χ3n) is 4.85. The van der Waals surface area contributed by atoms with Gasteiger partial charge < -0.3 is 5.32 Å². The van der Waals surface area contributed by atoms with Gasteiger partial charge in [0, 0.05) is 29.4 Å². The van der Waals surface area contributed by atoms with Crippen LogP contribution in [0.5, 0.6) is 0 Å². The molecule has 1 aromatic carbocycles. The molecule has 1 atom stereocenters. The Kier molecular flexibility index (Phi) is 4.53. The third kappa shape index (κ3) is 3.79. The molecule has 27 heavy (non-hydrogen) atoms. The maximum Gasteiger partial charge on any atom is 0.438 e. The van der Waals surface area contributed by atoms with E-state index in [-0.39, 0.29) is 11.8 Å². The van der Waals surface area contributed by atoms with E-state index in [0.717, 1.165) is 41.0 Å². The number of H-pyrrole nitrogens is 1. The van der Waals surface area contributed by atoms with Crippen molar-refractivity contribution in [2.45, 2.75) is 32.6 Å². The summed E-state index contributed by atoms with van der Waals surface area (Å²) in [7, 11) is 0. The second-order valence-corrected chi connectivity index (χ2v) is 6.73. The number of hydrogen-bond acceptors (Lipinski definition) is 6. The number of aromatic amines is 1. The molecule has 0 fully saturated rings. The van der Waals surface area contributed by atoms with Gasteiger partial charge in [0.15, 0.2) is 5.82 Å². The van der Waals surface area contributed by atoms with Crippen molar-refractivity contribution in [3.05, 3.63) is 69.5 Å². The van der Waals surface area contributed by atoms with E-state index < -0.39 is 5.76 Å². The maximum atomic E-state index is 12.7. The Labute approximate surface area is 155 Å². The number of nitrogens with one attached hydrogen (secondary N) is 2. The highest BCUT2D eigenvalue weighted by molar-refractivity contribution is 5.93. The highest BCUT2D eigenvalue weighted by atomic mass is 16.5. The third-order valence-corrected chi connectivity index (χ3v) is 4.85. The lowest BCUT2D eigenvalue weighted by molar-refractivity contribution is -0.120. The normalized spacial score (nSPS) is 16.0. The fourth-order valence-electron chi connectivity index (χ4n) is 3.45. The average Bonchev–Trinajstić information content (AvgIpc) is 3.07. The van der Waals surface area contributed by atoms with Gasteiger partial charge in [-0.2, -0.15) is 0 Å². The molecule has 0 radical (unpaired) electrons. The summed E-state index contributed by atoms with van der Waals surface area (Å²) < 4.78 is 4.51. The van der Waals surface area contributed by atoms with E-state index in [1.807, 2.05) is 31.2 Å². The van der Waals surface area contributed by atoms with Crippen LogP contribution in [0.2, 0.25) is 0 Å². The molecule has 4 rings (SSSR count). The van der Waals surface area contributed by atoms with Gasteiger partial charge in [0.2, 0.25) is 5.91 Å². The SMILES string of the molecule is Cc1ncnc2c1CC(C(=O)Nc1cccc(Cc3noc(=O)[nH]3)c1)CC2. The van der Waals surface area contributed by atoms with E-state index in [0.29, 0.717) is 18.7 Å². The van der Waals surface area contributed by atoms with Gasteiger partial charge in [-0.15, -0.1) is 0 Å². The summed E-state index contributed by atoms with van der Waals surface area (Å²) in [5.74, 6) is -0.234. The highest BCUT2D eigenvalue weighted by Gasteiger charge is 2.26. The Hall–Kier alpha value is -3.29. The first-order valence-electron chi connectivity index (χ1n) is 8.82. The van der Waals surface area contributed by atoms with Crippen molar-refractivity contribution in [3.63, 3.8) is 0 Å². The number of fused-ring (bicyclic) bond motifs is 1. The van der Waals surface area contributed by atoms with E-state index in [4.69, 9.17) is 0 Å². The van der Waals surface area contributed by atoms with Crippen molar-refractivity contribution in [3.8, 4) is 0 Å². The molecule has 0 bridgehead atoms. The van der Waals surface area contributed by atoms with Gasteiger partial charge >= 0.3 is 5.76 Å². The fourth-order valence-corrected chi connectivity index (χ4v) is 3.45. The van der Waals surface area contributed by atoms with Gasteiger partial charge in [-0.1, -0.05) is 17.3 Å². The standard InChI is InChI=1S/C19H19N5O3/c1-11-15-9-13(5-6-16(15)21-10-20-11)18(25)22-14-4-2-3-12(7-14)8-17-23-19(26)27-24-17/h2-4,7,10,13H,5-6,8-9H2,1H3,(H,22,25)(H,23,24,26). The van der Waals surface area contributed by atoms with Gasteiger partial charge in [-0.25, -0.2) is 14.8 Å². The van der Waals surface area contributed by atoms with Gasteiger partial charge in [-0.3, -0.25) is 14.3 Å². The molecule has 1 aliphatic carbocycles. The smallest absolute Gasteiger partial charge is 0.326 e. The van der Waals surface area contributed by atoms with Crippen LogP contribution < -0.4 is 11.1 Å². The molecule has 1 amide bonds. The largest absolute Gasteiger partial charge is 0.438 e. The lowest BCUT2D eigenvalue weighted by atomic mass is 9.85. The number of carbonyl (C=O) groups excluding carboxylic acids is 1. The summed E-state index contributed by atoms with van der Waals surface area (Å²) in [5, 5.41) is 6.66. The van der Waals surface area contributed by atoms with Crippen LogP contribution in [0.3, 0.4) is 0 Å². The van der Waals surface area contributed by atoms with Crippen LogP contribution in [0.4, 0.5) is 5.69 Å². The van der Waals surface area contributed by atoms with Crippen molar-refractivity contribution in [1.29, 1.82) is 0 Å². The van der Waals surface area contributed by atoms with Crippen molar-refractivity contribution >= 4 is 11.6 Å². The van der Waals surface area contributed by atoms with E-state index in [1.54, 1.807) is 6.33 Å². The minimum Gasteiger partial charge on any atom is -0.326 e. The van der Waals surface area contributed by atoms with E-state index in [9.17, 15) is 9.59 Å². The molecule has 2 heterocycles. The zero-order valence-electron chi connectivity index (χ0n) is 14.9. The van der Waals surface area contributed by atoms with Gasteiger partial charge in [0.25, 0.3) is 0 Å². The molecule has 1 unspecified atom stereocenters. The van der Waals surface area contributed by atoms with Crippen molar-refractivity contribution in [2.75, 3.05) is 5.32 Å². The summed E-state index contributed by atoms with van der Waals surface area (Å²) >= 11 is 0. The predicted molar refractivity (Wildman–Crippen MR) is 97.3 cm³/mol. The second kappa shape index (κ2) is 7.14. The first-order chi connectivity index (χ1) is 13.1. The Morgan fingerprint density at radius 2 is 2.26 bits per heavy atom. The Bertz CT molecular complexity index is 1040. The lowest BCUT2D eigenvalue weighted by Crippen LogP contribution is -2.29. The molecule has 3 aromatic rings. The van der Waals surface area contributed by atoms with E-state index in [1.165, 1.54) is 0 Å². The molecular formula is C19H19N5O3. The molecule has 138 valence electrons. The molecule has 2 aromatic heterocycles. The molecule has 0 saturated heterocycles. The number of aryl methyl sites for hydroxylation is 2. The van der Waals surface area contributed by atoms with Crippen LogP contribution >= 0.6 is 0 Å². The van der Waals surface area contributed by atoms with E-state index in [2.05, 4.69) is 29.9 Å². The van der Waals surface area contributed by atoms with Crippen LogP contribution in [-0.2, 0) is 24.1 Å². The summed E-state index contributed by atoms with van der Waals surface area (Å²) in [6, 6.07) is 7.48. The maximum absolute atomic E-state index is 12.7. The minimum atomic E-state index is -0.577. The number of rotatable bonds is 4. The molecule has 8 heteroatoms. The average molecular weight is 365 g/mol. The van der Waals surface area contributed by atoms with Crippen LogP contribution in [0, 0.1) is 12.8 Å². The number of nitrogens with zero attached hydrogens (tertiary/aromatic N) is 3. The Morgan fingerprint density at radius 1 is 1.37 bits per heavy atom. The zero-order chi connectivity index (χ0) is 18.8. The molecule has 8 nitrogen and oxygen atoms in total. The quantitative estimate of drug-likeness (QED) is 0.729. The molecule has 1 aliphatic rings. The van der Waals surface area contributed by atoms with Gasteiger partial charge in [0.1, 0.15) is 6.33 Å². The van der Waals surface area contributed by atoms with Crippen molar-refractivity contribution in [1.82, 2.24) is 20.1 Å². The number of carbonyl (C=O) groups is 1. The second-order valence-electron chi connectivity index (χ2n) is 6.73. The molecule has 0 aliphatic heterocycles. The molecular weight excluding hydrogens is 346 g/mol. The molecule has 0 spiro atoms. The van der Waals surface area contributed by atoms with Crippen molar-refractivity contribution in [2.24, 2.45) is 5.92 Å². The predicted octanol–water partition coefficient (Wildman–Crippen LogP) is 1.80. The summed E-state index contributed by atoms with van der Waals surface area (Å²) in [6.07, 6.45) is 4.23. The first-order valence-corrected chi connectivity index (χ1v) is 8.82. The molecule has 2 N–H and O–H groups in total. The lowest BCUT2D eigenvalue weighted by Gasteiger charge is -2.24. The van der Waals surface area contributed by atoms with Crippen LogP contribution in [0.25, 0.3) is 0 Å². The summed E-state index contributed by atoms with van der Waals surface area (Å²) in [6.45, 7) is 1.96. The van der Waals surface area contributed by atoms with E-state index >= 15 is 0 Å². The molecule has 0 saturated carbocycles. The summed E-state index contributed by atoms with van der Waals surface area (Å²) in [4.78, 5) is 34.9. The first kappa shape index (κ1) is 17.1. The van der Waals surface area contributed by atoms with Gasteiger partial charge in [0.05, 0.1) is 0 Å². The number of hydrogen-bond donors (Lipinski definition) is 2. The zero-order valence-corrected chi connectivity index (χ0v) is 14.9. The highest BCUT2D eigenvalue weighted by Crippen LogP contribution is 2.26. The van der Waals surface area contributed by atoms with Crippen LogP contribution in [0.15, 0.2) is 39.9 Å². The minimum absolute atomic E-state index is 0.00380. The number of benzene rings is 1. The number of amides is 1. The number of anilines is 1. The number of aromatic nitrogens is 4. The monoisotopic (exact) mass is 365 g/mol. The Balaban J connectivity index is 1.45. The Morgan fingerprint density at radius 3 is 3.07 bits per heavy atom. The van der Waals surface area contributed by atoms with Crippen LogP contribution in [0.1, 0.15) is 34.8 Å². The topological polar surface area (TPSA) is 114 Å². The summed E-state index contributed by atoms with van der Waals surface area (Å²) in [5.41, 5.74) is 4.72.